The Morgan fingerprint density at radius 3 is 2.64 bits per heavy atom. The lowest BCUT2D eigenvalue weighted by atomic mass is 10.1. The van der Waals surface area contributed by atoms with Crippen molar-refractivity contribution < 1.29 is 22.3 Å². The third-order valence-corrected chi connectivity index (χ3v) is 9.41. The minimum Gasteiger partial charge on any atom is -0.379 e. The monoisotopic (exact) mass is 572 g/mol. The van der Waals surface area contributed by atoms with Gasteiger partial charge in [-0.3, -0.25) is 19.5 Å². The molecule has 1 saturated heterocycles. The number of morpholine rings is 1. The Morgan fingerprint density at radius 1 is 1.21 bits per heavy atom. The molecule has 2 N–H and O–H groups in total. The molecule has 2 aliphatic rings. The van der Waals surface area contributed by atoms with Crippen LogP contribution < -0.4 is 10.7 Å². The number of ether oxygens (including phenoxy) is 1. The fourth-order valence-corrected chi connectivity index (χ4v) is 6.54. The summed E-state index contributed by atoms with van der Waals surface area (Å²) in [5, 5.41) is 2.94. The van der Waals surface area contributed by atoms with Gasteiger partial charge in [0, 0.05) is 50.0 Å². The van der Waals surface area contributed by atoms with E-state index in [4.69, 9.17) is 16.3 Å². The number of carbonyl (C=O) groups is 1. The number of aromatic nitrogens is 1. The number of sulfone groups is 1. The summed E-state index contributed by atoms with van der Waals surface area (Å²) >= 11 is 5.88. The first-order valence-corrected chi connectivity index (χ1v) is 14.2. The van der Waals surface area contributed by atoms with Gasteiger partial charge in [-0.1, -0.05) is 23.7 Å². The van der Waals surface area contributed by atoms with Gasteiger partial charge in [-0.05, 0) is 42.0 Å². The van der Waals surface area contributed by atoms with Gasteiger partial charge in [-0.2, -0.15) is 0 Å². The minimum atomic E-state index is -4.26. The molecule has 0 aliphatic carbocycles. The van der Waals surface area contributed by atoms with Crippen LogP contribution in [0, 0.1) is 5.82 Å². The third kappa shape index (κ3) is 5.40. The van der Waals surface area contributed by atoms with E-state index in [2.05, 4.69) is 20.2 Å². The van der Waals surface area contributed by atoms with Crippen molar-refractivity contribution >= 4 is 44.5 Å². The van der Waals surface area contributed by atoms with Crippen LogP contribution in [-0.4, -0.2) is 68.1 Å². The quantitative estimate of drug-likeness (QED) is 0.428. The number of nitrogens with zero attached hydrogens (tertiary/aromatic N) is 2. The first-order valence-electron chi connectivity index (χ1n) is 12.4. The molecule has 1 amide bonds. The zero-order chi connectivity index (χ0) is 27.6. The molecular weight excluding hydrogens is 547 g/mol. The van der Waals surface area contributed by atoms with Gasteiger partial charge in [-0.15, -0.1) is 0 Å². The standard InChI is InChI=1S/C27H26ClFN4O5S/c28-19-4-2-18(3-5-19)16-31-26(35)22-17-30-24-21(25(22)34)14-20(15-23(24)29)39(36,37)27(6-1-8-32-27)7-9-33-10-12-38-13-11-33/h1-6,8,14-15,17H,7,9-13,16H2,(H,30,34)(H,31,35). The molecule has 0 radical (unpaired) electrons. The summed E-state index contributed by atoms with van der Waals surface area (Å²) in [6.45, 7) is 3.05. The van der Waals surface area contributed by atoms with Crippen molar-refractivity contribution in [2.75, 3.05) is 32.8 Å². The predicted octanol–water partition coefficient (Wildman–Crippen LogP) is 3.08. The summed E-state index contributed by atoms with van der Waals surface area (Å²) in [5.74, 6) is -1.61. The largest absolute Gasteiger partial charge is 0.379 e. The Labute approximate surface area is 229 Å². The maximum Gasteiger partial charge on any atom is 0.257 e. The van der Waals surface area contributed by atoms with E-state index in [1.54, 1.807) is 30.3 Å². The fraction of sp³-hybridized carbons (Fsp3) is 0.296. The summed E-state index contributed by atoms with van der Waals surface area (Å²) in [5.41, 5.74) is -0.495. The third-order valence-electron chi connectivity index (χ3n) is 6.93. The number of nitrogens with one attached hydrogen (secondary N) is 2. The normalized spacial score (nSPS) is 19.5. The van der Waals surface area contributed by atoms with Crippen LogP contribution in [0.25, 0.3) is 10.9 Å². The molecule has 204 valence electrons. The van der Waals surface area contributed by atoms with Crippen LogP contribution in [0.4, 0.5) is 4.39 Å². The van der Waals surface area contributed by atoms with Crippen LogP contribution in [0.2, 0.25) is 5.02 Å². The van der Waals surface area contributed by atoms with E-state index >= 15 is 4.39 Å². The lowest BCUT2D eigenvalue weighted by molar-refractivity contribution is 0.0367. The van der Waals surface area contributed by atoms with E-state index in [1.165, 1.54) is 12.3 Å². The van der Waals surface area contributed by atoms with E-state index in [0.29, 0.717) is 37.9 Å². The van der Waals surface area contributed by atoms with Crippen LogP contribution in [0.3, 0.4) is 0 Å². The number of aliphatic imine (C=N–C) groups is 1. The molecule has 1 fully saturated rings. The Morgan fingerprint density at radius 2 is 1.95 bits per heavy atom. The molecular formula is C27H26ClFN4O5S. The number of fused-ring (bicyclic) bond motifs is 1. The molecule has 39 heavy (non-hydrogen) atoms. The van der Waals surface area contributed by atoms with Crippen LogP contribution in [0.1, 0.15) is 22.3 Å². The van der Waals surface area contributed by atoms with Crippen LogP contribution in [0.5, 0.6) is 0 Å². The van der Waals surface area contributed by atoms with Crippen molar-refractivity contribution in [3.05, 3.63) is 86.9 Å². The first kappa shape index (κ1) is 27.2. The second kappa shape index (κ2) is 11.0. The lowest BCUT2D eigenvalue weighted by Gasteiger charge is -2.31. The molecule has 1 atom stereocenters. The molecule has 1 aromatic heterocycles. The summed E-state index contributed by atoms with van der Waals surface area (Å²) < 4.78 is 48.2. The number of H-pyrrole nitrogens is 1. The van der Waals surface area contributed by atoms with Crippen LogP contribution >= 0.6 is 11.6 Å². The number of aromatic amines is 1. The number of carbonyl (C=O) groups excluding carboxylic acids is 1. The molecule has 3 heterocycles. The van der Waals surface area contributed by atoms with Crippen molar-refractivity contribution in [1.82, 2.24) is 15.2 Å². The molecule has 1 unspecified atom stereocenters. The SMILES string of the molecule is O=C(NCc1ccc(Cl)cc1)c1c[nH]c2c(F)cc(S(=O)(=O)C3(CCN4CCOCC4)C=CC=N3)cc2c1=O. The van der Waals surface area contributed by atoms with Crippen molar-refractivity contribution in [3.63, 3.8) is 0 Å². The highest BCUT2D eigenvalue weighted by atomic mass is 35.5. The summed E-state index contributed by atoms with van der Waals surface area (Å²) in [6.07, 6.45) is 5.70. The van der Waals surface area contributed by atoms with Gasteiger partial charge in [0.2, 0.25) is 15.3 Å². The van der Waals surface area contributed by atoms with Crippen molar-refractivity contribution in [1.29, 1.82) is 0 Å². The first-order chi connectivity index (χ1) is 18.7. The summed E-state index contributed by atoms with van der Waals surface area (Å²) in [4.78, 5) is 33.0. The number of halogens is 2. The van der Waals surface area contributed by atoms with E-state index in [-0.39, 0.29) is 34.3 Å². The van der Waals surface area contributed by atoms with Gasteiger partial charge >= 0.3 is 0 Å². The highest BCUT2D eigenvalue weighted by Crippen LogP contribution is 2.35. The average molecular weight is 573 g/mol. The highest BCUT2D eigenvalue weighted by molar-refractivity contribution is 7.93. The second-order valence-electron chi connectivity index (χ2n) is 9.36. The van der Waals surface area contributed by atoms with E-state index in [9.17, 15) is 18.0 Å². The smallest absolute Gasteiger partial charge is 0.257 e. The van der Waals surface area contributed by atoms with Gasteiger partial charge < -0.3 is 15.0 Å². The number of hydrogen-bond donors (Lipinski definition) is 2. The molecule has 0 bridgehead atoms. The van der Waals surface area contributed by atoms with Gasteiger partial charge in [-0.25, -0.2) is 12.8 Å². The Kier molecular flexibility index (Phi) is 7.68. The molecule has 9 nitrogen and oxygen atoms in total. The van der Waals surface area contributed by atoms with Gasteiger partial charge in [0.15, 0.2) is 4.87 Å². The van der Waals surface area contributed by atoms with Crippen molar-refractivity contribution in [3.8, 4) is 0 Å². The zero-order valence-corrected chi connectivity index (χ0v) is 22.4. The van der Waals surface area contributed by atoms with Crippen molar-refractivity contribution in [2.45, 2.75) is 22.7 Å². The van der Waals surface area contributed by atoms with Crippen molar-refractivity contribution in [2.24, 2.45) is 4.99 Å². The lowest BCUT2D eigenvalue weighted by Crippen LogP contribution is -2.42. The molecule has 12 heteroatoms. The van der Waals surface area contributed by atoms with Gasteiger partial charge in [0.25, 0.3) is 5.91 Å². The van der Waals surface area contributed by atoms with Crippen LogP contribution in [0.15, 0.2) is 69.4 Å². The maximum atomic E-state index is 15.2. The zero-order valence-electron chi connectivity index (χ0n) is 20.8. The molecule has 2 aliphatic heterocycles. The number of rotatable bonds is 8. The second-order valence-corrected chi connectivity index (χ2v) is 12.0. The maximum absolute atomic E-state index is 15.2. The number of allylic oxidation sites excluding steroid dienone is 1. The molecule has 2 aromatic carbocycles. The van der Waals surface area contributed by atoms with E-state index in [0.717, 1.165) is 23.9 Å². The Bertz CT molecular complexity index is 1620. The van der Waals surface area contributed by atoms with Crippen LogP contribution in [-0.2, 0) is 21.1 Å². The summed E-state index contributed by atoms with van der Waals surface area (Å²) in [6, 6.07) is 8.80. The number of amides is 1. The van der Waals surface area contributed by atoms with E-state index < -0.39 is 31.9 Å². The summed E-state index contributed by atoms with van der Waals surface area (Å²) in [7, 11) is -4.26. The Hall–Kier alpha value is -3.38. The van der Waals surface area contributed by atoms with Gasteiger partial charge in [0.05, 0.1) is 29.0 Å². The topological polar surface area (TPSA) is 121 Å². The Balaban J connectivity index is 1.45. The van der Waals surface area contributed by atoms with Gasteiger partial charge in [0.1, 0.15) is 11.4 Å². The molecule has 5 rings (SSSR count). The molecule has 3 aromatic rings. The number of pyridine rings is 1. The fourth-order valence-electron chi connectivity index (χ4n) is 4.66. The minimum absolute atomic E-state index is 0.131. The highest BCUT2D eigenvalue weighted by Gasteiger charge is 2.44. The van der Waals surface area contributed by atoms with E-state index in [1.807, 2.05) is 0 Å². The average Bonchev–Trinajstić information content (AvgIpc) is 3.43. The molecule has 0 spiro atoms. The predicted molar refractivity (Wildman–Crippen MR) is 147 cm³/mol. The molecule has 0 saturated carbocycles. The number of benzene rings is 2. The number of hydrogen-bond acceptors (Lipinski definition) is 7.